The number of ether oxygens (including phenoxy) is 2. The van der Waals surface area contributed by atoms with E-state index in [1.165, 1.54) is 0 Å². The lowest BCUT2D eigenvalue weighted by Crippen LogP contribution is -2.38. The molecule has 5 heteroatoms. The molecule has 0 spiro atoms. The van der Waals surface area contributed by atoms with Gasteiger partial charge in [0.25, 0.3) is 5.91 Å². The van der Waals surface area contributed by atoms with E-state index in [0.717, 1.165) is 19.3 Å². The van der Waals surface area contributed by atoms with Gasteiger partial charge in [-0.1, -0.05) is 6.42 Å². The summed E-state index contributed by atoms with van der Waals surface area (Å²) in [6.45, 7) is 0. The monoisotopic (exact) mass is 297 g/mol. The van der Waals surface area contributed by atoms with Crippen LogP contribution in [-0.4, -0.2) is 32.0 Å². The first-order valence-electron chi connectivity index (χ1n) is 6.78. The smallest absolute Gasteiger partial charge is 0.255 e. The summed E-state index contributed by atoms with van der Waals surface area (Å²) in [5.41, 5.74) is 0.493. The van der Waals surface area contributed by atoms with Gasteiger partial charge in [0.05, 0.1) is 19.8 Å². The Balaban J connectivity index is 2.15. The zero-order valence-corrected chi connectivity index (χ0v) is 12.6. The molecule has 1 aliphatic carbocycles. The third-order valence-electron chi connectivity index (χ3n) is 3.83. The van der Waals surface area contributed by atoms with Crippen LogP contribution in [0, 0.1) is 5.92 Å². The predicted octanol–water partition coefficient (Wildman–Crippen LogP) is 2.84. The number of nitrogens with one attached hydrogen (secondary N) is 1. The minimum absolute atomic E-state index is 0.136. The highest BCUT2D eigenvalue weighted by Crippen LogP contribution is 2.28. The Bertz CT molecular complexity index is 478. The van der Waals surface area contributed by atoms with Crippen LogP contribution in [0.5, 0.6) is 11.5 Å². The van der Waals surface area contributed by atoms with E-state index in [2.05, 4.69) is 5.32 Å². The molecule has 0 aliphatic heterocycles. The Morgan fingerprint density at radius 3 is 2.80 bits per heavy atom. The van der Waals surface area contributed by atoms with E-state index in [1.807, 2.05) is 0 Å². The minimum Gasteiger partial charge on any atom is -0.497 e. The van der Waals surface area contributed by atoms with Gasteiger partial charge in [0, 0.05) is 11.9 Å². The molecule has 0 radical (unpaired) electrons. The second-order valence-corrected chi connectivity index (χ2v) is 5.30. The maximum atomic E-state index is 12.4. The van der Waals surface area contributed by atoms with Crippen molar-refractivity contribution in [3.63, 3.8) is 0 Å². The normalized spacial score (nSPS) is 21.6. The highest BCUT2D eigenvalue weighted by Gasteiger charge is 2.28. The molecule has 110 valence electrons. The van der Waals surface area contributed by atoms with E-state index < -0.39 is 0 Å². The number of amides is 1. The van der Waals surface area contributed by atoms with Gasteiger partial charge >= 0.3 is 0 Å². The quantitative estimate of drug-likeness (QED) is 0.850. The van der Waals surface area contributed by atoms with Crippen molar-refractivity contribution in [2.24, 2.45) is 5.92 Å². The van der Waals surface area contributed by atoms with E-state index in [9.17, 15) is 4.79 Å². The summed E-state index contributed by atoms with van der Waals surface area (Å²) < 4.78 is 10.4. The minimum atomic E-state index is -0.136. The van der Waals surface area contributed by atoms with E-state index in [1.54, 1.807) is 32.4 Å². The number of carbonyl (C=O) groups excluding carboxylic acids is 1. The molecule has 20 heavy (non-hydrogen) atoms. The van der Waals surface area contributed by atoms with Crippen LogP contribution in [0.15, 0.2) is 18.2 Å². The zero-order valence-electron chi connectivity index (χ0n) is 11.8. The Labute approximate surface area is 124 Å². The van der Waals surface area contributed by atoms with Crippen molar-refractivity contribution >= 4 is 17.5 Å². The fraction of sp³-hybridized carbons (Fsp3) is 0.533. The number of hydrogen-bond donors (Lipinski definition) is 1. The second-order valence-electron chi connectivity index (χ2n) is 4.99. The summed E-state index contributed by atoms with van der Waals surface area (Å²) in [5.74, 6) is 1.99. The molecule has 0 bridgehead atoms. The topological polar surface area (TPSA) is 47.6 Å². The average molecular weight is 298 g/mol. The second kappa shape index (κ2) is 6.84. The van der Waals surface area contributed by atoms with Gasteiger partial charge < -0.3 is 14.8 Å². The Kier molecular flexibility index (Phi) is 5.12. The first kappa shape index (κ1) is 15.0. The third-order valence-corrected chi connectivity index (χ3v) is 4.22. The standard InChI is InChI=1S/C15H20ClNO3/c1-19-11-6-7-14(20-2)12(8-11)15(18)17-13-5-3-4-10(13)9-16/h6-8,10,13H,3-5,9H2,1-2H3,(H,17,18). The van der Waals surface area contributed by atoms with Crippen molar-refractivity contribution in [1.29, 1.82) is 0 Å². The van der Waals surface area contributed by atoms with Gasteiger partial charge in [-0.15, -0.1) is 11.6 Å². The molecule has 1 aromatic carbocycles. The zero-order chi connectivity index (χ0) is 14.5. The summed E-state index contributed by atoms with van der Waals surface area (Å²) in [5, 5.41) is 3.06. The molecule has 0 saturated heterocycles. The molecule has 1 amide bonds. The van der Waals surface area contributed by atoms with Crippen LogP contribution in [-0.2, 0) is 0 Å². The summed E-state index contributed by atoms with van der Waals surface area (Å²) >= 11 is 5.94. The number of rotatable bonds is 5. The molecule has 1 N–H and O–H groups in total. The van der Waals surface area contributed by atoms with Crippen molar-refractivity contribution in [1.82, 2.24) is 5.32 Å². The van der Waals surface area contributed by atoms with Crippen molar-refractivity contribution < 1.29 is 14.3 Å². The van der Waals surface area contributed by atoms with Gasteiger partial charge in [0.1, 0.15) is 11.5 Å². The lowest BCUT2D eigenvalue weighted by atomic mass is 10.1. The van der Waals surface area contributed by atoms with E-state index >= 15 is 0 Å². The average Bonchev–Trinajstić information content (AvgIpc) is 2.93. The lowest BCUT2D eigenvalue weighted by Gasteiger charge is -2.19. The number of methoxy groups -OCH3 is 2. The van der Waals surface area contributed by atoms with Crippen LogP contribution < -0.4 is 14.8 Å². The molecule has 2 unspecified atom stereocenters. The molecule has 0 heterocycles. The maximum absolute atomic E-state index is 12.4. The van der Waals surface area contributed by atoms with Crippen molar-refractivity contribution in [3.8, 4) is 11.5 Å². The largest absolute Gasteiger partial charge is 0.497 e. The summed E-state index contributed by atoms with van der Waals surface area (Å²) in [4.78, 5) is 12.4. The van der Waals surface area contributed by atoms with Gasteiger partial charge in [0.15, 0.2) is 0 Å². The van der Waals surface area contributed by atoms with Crippen molar-refractivity contribution in [3.05, 3.63) is 23.8 Å². The Morgan fingerprint density at radius 1 is 1.35 bits per heavy atom. The van der Waals surface area contributed by atoms with Crippen LogP contribution in [0.2, 0.25) is 0 Å². The van der Waals surface area contributed by atoms with E-state index in [4.69, 9.17) is 21.1 Å². The Hall–Kier alpha value is -1.42. The molecular weight excluding hydrogens is 278 g/mol. The fourth-order valence-corrected chi connectivity index (χ4v) is 3.02. The number of halogens is 1. The highest BCUT2D eigenvalue weighted by atomic mass is 35.5. The number of carbonyl (C=O) groups is 1. The molecule has 1 aromatic rings. The van der Waals surface area contributed by atoms with E-state index in [-0.39, 0.29) is 11.9 Å². The molecule has 1 fully saturated rings. The van der Waals surface area contributed by atoms with Gasteiger partial charge in [-0.25, -0.2) is 0 Å². The molecule has 2 atom stereocenters. The van der Waals surface area contributed by atoms with Crippen molar-refractivity contribution in [2.75, 3.05) is 20.1 Å². The summed E-state index contributed by atoms with van der Waals surface area (Å²) in [6, 6.07) is 5.35. The van der Waals surface area contributed by atoms with Gasteiger partial charge in [-0.2, -0.15) is 0 Å². The highest BCUT2D eigenvalue weighted by molar-refractivity contribution is 6.18. The SMILES string of the molecule is COc1ccc(OC)c(C(=O)NC2CCCC2CCl)c1. The van der Waals surface area contributed by atoms with Crippen molar-refractivity contribution in [2.45, 2.75) is 25.3 Å². The number of alkyl halides is 1. The number of hydrogen-bond acceptors (Lipinski definition) is 3. The van der Waals surface area contributed by atoms with Crippen LogP contribution in [0.1, 0.15) is 29.6 Å². The van der Waals surface area contributed by atoms with Crippen LogP contribution >= 0.6 is 11.6 Å². The molecule has 0 aromatic heterocycles. The van der Waals surface area contributed by atoms with E-state index in [0.29, 0.717) is 28.9 Å². The maximum Gasteiger partial charge on any atom is 0.255 e. The fourth-order valence-electron chi connectivity index (χ4n) is 2.65. The van der Waals surface area contributed by atoms with Gasteiger partial charge in [-0.3, -0.25) is 4.79 Å². The molecule has 1 aliphatic rings. The Morgan fingerprint density at radius 2 is 2.15 bits per heavy atom. The van der Waals surface area contributed by atoms with Gasteiger partial charge in [-0.05, 0) is 37.0 Å². The lowest BCUT2D eigenvalue weighted by molar-refractivity contribution is 0.0926. The third kappa shape index (κ3) is 3.18. The molecule has 4 nitrogen and oxygen atoms in total. The molecule has 2 rings (SSSR count). The van der Waals surface area contributed by atoms with Crippen LogP contribution in [0.4, 0.5) is 0 Å². The molecule has 1 saturated carbocycles. The first-order chi connectivity index (χ1) is 9.69. The summed E-state index contributed by atoms with van der Waals surface area (Å²) in [7, 11) is 3.12. The van der Waals surface area contributed by atoms with Gasteiger partial charge in [0.2, 0.25) is 0 Å². The predicted molar refractivity (Wildman–Crippen MR) is 78.9 cm³/mol. The number of benzene rings is 1. The van der Waals surface area contributed by atoms with Crippen LogP contribution in [0.3, 0.4) is 0 Å². The van der Waals surface area contributed by atoms with Crippen LogP contribution in [0.25, 0.3) is 0 Å². The molecular formula is C15H20ClNO3. The first-order valence-corrected chi connectivity index (χ1v) is 7.32. The summed E-state index contributed by atoms with van der Waals surface area (Å²) in [6.07, 6.45) is 3.16.